The molecule has 2 rings (SSSR count). The lowest BCUT2D eigenvalue weighted by molar-refractivity contribution is 0.0520. The lowest BCUT2D eigenvalue weighted by atomic mass is 10.1. The number of carbonyl (C=O) groups is 1. The van der Waals surface area contributed by atoms with Gasteiger partial charge in [0.2, 0.25) is 0 Å². The van der Waals surface area contributed by atoms with Crippen molar-refractivity contribution >= 4 is 16.9 Å². The van der Waals surface area contributed by atoms with E-state index >= 15 is 0 Å². The summed E-state index contributed by atoms with van der Waals surface area (Å²) in [5, 5.41) is 0.419. The lowest BCUT2D eigenvalue weighted by Crippen LogP contribution is -2.04. The fraction of sp³-hybridized carbons (Fsp3) is 0.250. The summed E-state index contributed by atoms with van der Waals surface area (Å²) in [6, 6.07) is 4.54. The first-order valence-corrected chi connectivity index (χ1v) is 5.08. The Morgan fingerprint density at radius 3 is 2.88 bits per heavy atom. The normalized spacial score (nSPS) is 10.7. The number of hydrogen-bond donors (Lipinski definition) is 1. The van der Waals surface area contributed by atoms with Gasteiger partial charge in [-0.15, -0.1) is 0 Å². The van der Waals surface area contributed by atoms with Gasteiger partial charge in [0.15, 0.2) is 0 Å². The summed E-state index contributed by atoms with van der Waals surface area (Å²) in [5.74, 6) is -0.801. The van der Waals surface area contributed by atoms with Crippen LogP contribution in [0, 0.1) is 12.7 Å². The largest absolute Gasteiger partial charge is 0.461 e. The number of carbonyl (C=O) groups excluding carboxylic acids is 1. The van der Waals surface area contributed by atoms with Gasteiger partial charge in [0.1, 0.15) is 11.5 Å². The number of H-pyrrole nitrogens is 1. The number of hydrogen-bond acceptors (Lipinski definition) is 2. The molecule has 0 atom stereocenters. The second-order valence-electron chi connectivity index (χ2n) is 3.56. The Kier molecular flexibility index (Phi) is 2.64. The average Bonchev–Trinajstić information content (AvgIpc) is 2.70. The second-order valence-corrected chi connectivity index (χ2v) is 3.56. The molecular formula is C12H12FNO2. The summed E-state index contributed by atoms with van der Waals surface area (Å²) in [6.07, 6.45) is 0. The Bertz CT molecular complexity index is 506. The van der Waals surface area contributed by atoms with Gasteiger partial charge in [0.25, 0.3) is 0 Å². The highest BCUT2D eigenvalue weighted by molar-refractivity contribution is 5.95. The van der Waals surface area contributed by atoms with Crippen molar-refractivity contribution < 1.29 is 13.9 Å². The average molecular weight is 221 g/mol. The molecule has 1 heterocycles. The van der Waals surface area contributed by atoms with Crippen LogP contribution in [0.25, 0.3) is 10.9 Å². The molecule has 0 aliphatic rings. The van der Waals surface area contributed by atoms with Crippen LogP contribution in [-0.2, 0) is 4.74 Å². The Morgan fingerprint density at radius 2 is 2.25 bits per heavy atom. The van der Waals surface area contributed by atoms with E-state index in [2.05, 4.69) is 4.98 Å². The first-order valence-electron chi connectivity index (χ1n) is 5.08. The summed E-state index contributed by atoms with van der Waals surface area (Å²) in [6.45, 7) is 3.88. The maximum Gasteiger partial charge on any atom is 0.354 e. The van der Waals surface area contributed by atoms with Crippen LogP contribution in [0.1, 0.15) is 23.0 Å². The number of aromatic amines is 1. The van der Waals surface area contributed by atoms with Gasteiger partial charge in [-0.25, -0.2) is 9.18 Å². The molecule has 84 valence electrons. The minimum absolute atomic E-state index is 0.282. The lowest BCUT2D eigenvalue weighted by Gasteiger charge is -1.97. The number of esters is 1. The molecule has 0 bridgehead atoms. The fourth-order valence-electron chi connectivity index (χ4n) is 1.64. The van der Waals surface area contributed by atoms with Crippen molar-refractivity contribution in [2.45, 2.75) is 13.8 Å². The highest BCUT2D eigenvalue weighted by Crippen LogP contribution is 2.22. The Balaban J connectivity index is 2.55. The number of fused-ring (bicyclic) bond motifs is 1. The number of halogens is 1. The molecule has 4 heteroatoms. The smallest absolute Gasteiger partial charge is 0.354 e. The molecule has 0 amide bonds. The quantitative estimate of drug-likeness (QED) is 0.792. The minimum Gasteiger partial charge on any atom is -0.461 e. The Hall–Kier alpha value is -1.84. The third-order valence-corrected chi connectivity index (χ3v) is 2.44. The maximum absolute atomic E-state index is 13.5. The minimum atomic E-state index is -0.461. The predicted molar refractivity (Wildman–Crippen MR) is 59.0 cm³/mol. The molecule has 16 heavy (non-hydrogen) atoms. The second kappa shape index (κ2) is 3.96. The SMILES string of the molecule is CCOC(=O)c1cc2c(F)ccc(C)c2[nH]1. The maximum atomic E-state index is 13.5. The number of rotatable bonds is 2. The monoisotopic (exact) mass is 221 g/mol. The zero-order chi connectivity index (χ0) is 11.7. The number of aromatic nitrogens is 1. The first kappa shape index (κ1) is 10.7. The molecule has 0 saturated heterocycles. The van der Waals surface area contributed by atoms with Crippen molar-refractivity contribution in [2.75, 3.05) is 6.61 Å². The van der Waals surface area contributed by atoms with Gasteiger partial charge in [-0.2, -0.15) is 0 Å². The van der Waals surface area contributed by atoms with E-state index in [-0.39, 0.29) is 11.5 Å². The summed E-state index contributed by atoms with van der Waals surface area (Å²) in [7, 11) is 0. The van der Waals surface area contributed by atoms with Gasteiger partial charge in [0.05, 0.1) is 12.1 Å². The van der Waals surface area contributed by atoms with Crippen molar-refractivity contribution in [3.05, 3.63) is 35.3 Å². The van der Waals surface area contributed by atoms with E-state index in [0.29, 0.717) is 17.5 Å². The summed E-state index contributed by atoms with van der Waals surface area (Å²) < 4.78 is 18.3. The van der Waals surface area contributed by atoms with E-state index in [1.54, 1.807) is 13.0 Å². The molecule has 2 aromatic rings. The summed E-state index contributed by atoms with van der Waals surface area (Å²) in [5.41, 5.74) is 1.82. The van der Waals surface area contributed by atoms with Crippen LogP contribution in [0.3, 0.4) is 0 Å². The van der Waals surface area contributed by atoms with Gasteiger partial charge in [-0.1, -0.05) is 6.07 Å². The van der Waals surface area contributed by atoms with Crippen LogP contribution in [0.2, 0.25) is 0 Å². The molecule has 0 saturated carbocycles. The molecule has 1 aromatic heterocycles. The molecule has 0 spiro atoms. The van der Waals surface area contributed by atoms with Gasteiger partial charge < -0.3 is 9.72 Å². The topological polar surface area (TPSA) is 42.1 Å². The molecule has 0 aliphatic heterocycles. The van der Waals surface area contributed by atoms with Gasteiger partial charge >= 0.3 is 5.97 Å². The molecule has 0 radical (unpaired) electrons. The third-order valence-electron chi connectivity index (χ3n) is 2.44. The highest BCUT2D eigenvalue weighted by atomic mass is 19.1. The van der Waals surface area contributed by atoms with E-state index in [0.717, 1.165) is 5.56 Å². The molecule has 0 fully saturated rings. The number of benzene rings is 1. The molecule has 0 unspecified atom stereocenters. The summed E-state index contributed by atoms with van der Waals surface area (Å²) >= 11 is 0. The van der Waals surface area contributed by atoms with Gasteiger partial charge in [-0.3, -0.25) is 0 Å². The molecule has 0 aliphatic carbocycles. The predicted octanol–water partition coefficient (Wildman–Crippen LogP) is 2.79. The molecular weight excluding hydrogens is 209 g/mol. The number of aryl methyl sites for hydroxylation is 1. The van der Waals surface area contributed by atoms with Gasteiger partial charge in [-0.05, 0) is 31.5 Å². The Morgan fingerprint density at radius 1 is 1.50 bits per heavy atom. The van der Waals surface area contributed by atoms with Crippen molar-refractivity contribution in [1.82, 2.24) is 4.98 Å². The number of nitrogens with one attached hydrogen (secondary N) is 1. The van der Waals surface area contributed by atoms with E-state index in [1.807, 2.05) is 6.92 Å². The van der Waals surface area contributed by atoms with E-state index in [4.69, 9.17) is 4.74 Å². The van der Waals surface area contributed by atoms with Crippen LogP contribution in [0.15, 0.2) is 18.2 Å². The number of ether oxygens (including phenoxy) is 1. The van der Waals surface area contributed by atoms with Crippen LogP contribution in [-0.4, -0.2) is 17.6 Å². The zero-order valence-corrected chi connectivity index (χ0v) is 9.13. The van der Waals surface area contributed by atoms with Crippen molar-refractivity contribution in [2.24, 2.45) is 0 Å². The first-order chi connectivity index (χ1) is 7.63. The van der Waals surface area contributed by atoms with Crippen molar-refractivity contribution in [1.29, 1.82) is 0 Å². The van der Waals surface area contributed by atoms with E-state index in [1.165, 1.54) is 12.1 Å². The van der Waals surface area contributed by atoms with Crippen molar-refractivity contribution in [3.8, 4) is 0 Å². The van der Waals surface area contributed by atoms with E-state index < -0.39 is 5.97 Å². The third kappa shape index (κ3) is 1.66. The van der Waals surface area contributed by atoms with Crippen LogP contribution < -0.4 is 0 Å². The Labute approximate surface area is 92.2 Å². The molecule has 1 N–H and O–H groups in total. The molecule has 1 aromatic carbocycles. The van der Waals surface area contributed by atoms with Gasteiger partial charge in [0, 0.05) is 5.39 Å². The van der Waals surface area contributed by atoms with Crippen LogP contribution >= 0.6 is 0 Å². The zero-order valence-electron chi connectivity index (χ0n) is 9.13. The van der Waals surface area contributed by atoms with Crippen molar-refractivity contribution in [3.63, 3.8) is 0 Å². The van der Waals surface area contributed by atoms with Crippen LogP contribution in [0.4, 0.5) is 4.39 Å². The summed E-state index contributed by atoms with van der Waals surface area (Å²) in [4.78, 5) is 14.3. The molecule has 3 nitrogen and oxygen atoms in total. The standard InChI is InChI=1S/C12H12FNO2/c1-3-16-12(15)10-6-8-9(13)5-4-7(2)11(8)14-10/h4-6,14H,3H2,1-2H3. The highest BCUT2D eigenvalue weighted by Gasteiger charge is 2.13. The van der Waals surface area contributed by atoms with Crippen LogP contribution in [0.5, 0.6) is 0 Å². The fourth-order valence-corrected chi connectivity index (χ4v) is 1.64. The van der Waals surface area contributed by atoms with E-state index in [9.17, 15) is 9.18 Å².